The van der Waals surface area contributed by atoms with Gasteiger partial charge in [0.25, 0.3) is 0 Å². The molecule has 0 aliphatic rings. The maximum Gasteiger partial charge on any atom is 0.102 e. The van der Waals surface area contributed by atoms with Crippen LogP contribution in [0.15, 0.2) is 0 Å². The Hall–Kier alpha value is 0.460. The molecule has 0 bridgehead atoms. The molecule has 20 heavy (non-hydrogen) atoms. The summed E-state index contributed by atoms with van der Waals surface area (Å²) in [5.41, 5.74) is -0.195. The van der Waals surface area contributed by atoms with Crippen LogP contribution in [-0.4, -0.2) is 54.4 Å². The van der Waals surface area contributed by atoms with E-state index in [9.17, 15) is 0 Å². The summed E-state index contributed by atoms with van der Waals surface area (Å²) in [6.07, 6.45) is 6.00. The highest BCUT2D eigenvalue weighted by Gasteiger charge is 2.28. The molecule has 0 aliphatic carbocycles. The van der Waals surface area contributed by atoms with Gasteiger partial charge in [-0.05, 0) is 43.8 Å². The molecule has 0 radical (unpaired) electrons. The molecule has 0 rings (SSSR count). The lowest BCUT2D eigenvalue weighted by molar-refractivity contribution is -0.891. The normalized spacial score (nSPS) is 13.2. The highest BCUT2D eigenvalue weighted by atomic mass is 35.5. The van der Waals surface area contributed by atoms with Gasteiger partial charge in [0.15, 0.2) is 0 Å². The summed E-state index contributed by atoms with van der Waals surface area (Å²) in [5, 5.41) is 0. The standard InChI is InChI=1S/C15H33Cl2N2O/c1-6-7-8-9-13-20-14-12-19(4,5)11-10-15(2,3)18(16)17/h6-14H2,1-5H3/q+1. The largest absolute Gasteiger partial charge is 0.376 e. The van der Waals surface area contributed by atoms with Gasteiger partial charge in [0.1, 0.15) is 6.54 Å². The summed E-state index contributed by atoms with van der Waals surface area (Å²) in [4.78, 5) is 0. The fraction of sp³-hybridized carbons (Fsp3) is 1.00. The van der Waals surface area contributed by atoms with E-state index in [0.717, 1.165) is 37.2 Å². The second-order valence-corrected chi connectivity index (χ2v) is 7.70. The number of quaternary nitrogens is 1. The Balaban J connectivity index is 3.74. The minimum Gasteiger partial charge on any atom is -0.376 e. The van der Waals surface area contributed by atoms with Crippen LogP contribution in [0.1, 0.15) is 52.9 Å². The zero-order chi connectivity index (χ0) is 15.6. The van der Waals surface area contributed by atoms with E-state index in [1.807, 2.05) is 0 Å². The molecule has 0 fully saturated rings. The quantitative estimate of drug-likeness (QED) is 0.298. The van der Waals surface area contributed by atoms with E-state index in [4.69, 9.17) is 28.3 Å². The van der Waals surface area contributed by atoms with Crippen molar-refractivity contribution in [3.05, 3.63) is 0 Å². The molecule has 0 amide bonds. The molecule has 0 N–H and O–H groups in total. The van der Waals surface area contributed by atoms with E-state index in [1.165, 1.54) is 29.6 Å². The molecule has 0 aromatic heterocycles. The van der Waals surface area contributed by atoms with E-state index < -0.39 is 0 Å². The number of rotatable bonds is 12. The molecule has 0 spiro atoms. The topological polar surface area (TPSA) is 12.5 Å². The number of halogens is 2. The second kappa shape index (κ2) is 10.2. The van der Waals surface area contributed by atoms with E-state index >= 15 is 0 Å². The minimum atomic E-state index is -0.195. The van der Waals surface area contributed by atoms with Crippen LogP contribution in [-0.2, 0) is 4.74 Å². The van der Waals surface area contributed by atoms with Crippen molar-refractivity contribution in [2.75, 3.05) is 40.4 Å². The Kier molecular flexibility index (Phi) is 10.5. The summed E-state index contributed by atoms with van der Waals surface area (Å²) in [7, 11) is 4.45. The first-order valence-electron chi connectivity index (χ1n) is 7.73. The van der Waals surface area contributed by atoms with E-state index in [1.54, 1.807) is 0 Å². The zero-order valence-corrected chi connectivity index (χ0v) is 15.4. The fourth-order valence-electron chi connectivity index (χ4n) is 1.82. The first-order chi connectivity index (χ1) is 9.21. The molecule has 0 heterocycles. The number of nitrogens with zero attached hydrogens (tertiary/aromatic N) is 2. The average Bonchev–Trinajstić information content (AvgIpc) is 2.35. The third-order valence-electron chi connectivity index (χ3n) is 3.77. The molecule has 5 heteroatoms. The van der Waals surface area contributed by atoms with Gasteiger partial charge in [-0.15, -0.1) is 3.94 Å². The van der Waals surface area contributed by atoms with Crippen LogP contribution in [0.5, 0.6) is 0 Å². The smallest absolute Gasteiger partial charge is 0.102 e. The summed E-state index contributed by atoms with van der Waals surface area (Å²) >= 11 is 11.7. The van der Waals surface area contributed by atoms with E-state index in [0.29, 0.717) is 0 Å². The molecule has 122 valence electrons. The maximum absolute atomic E-state index is 5.85. The first kappa shape index (κ1) is 20.5. The van der Waals surface area contributed by atoms with Gasteiger partial charge in [0.2, 0.25) is 0 Å². The Morgan fingerprint density at radius 2 is 1.65 bits per heavy atom. The molecular formula is C15H33Cl2N2O+. The second-order valence-electron chi connectivity index (χ2n) is 6.85. The number of unbranched alkanes of at least 4 members (excludes halogenated alkanes) is 3. The average molecular weight is 328 g/mol. The summed E-state index contributed by atoms with van der Waals surface area (Å²) < 4.78 is 7.91. The Morgan fingerprint density at radius 1 is 1.00 bits per heavy atom. The number of hydrogen-bond acceptors (Lipinski definition) is 2. The predicted molar refractivity (Wildman–Crippen MR) is 89.0 cm³/mol. The van der Waals surface area contributed by atoms with E-state index in [-0.39, 0.29) is 5.54 Å². The SMILES string of the molecule is CCCCCCOCC[N+](C)(C)CCC(C)(C)N(Cl)Cl. The van der Waals surface area contributed by atoms with Crippen molar-refractivity contribution in [1.29, 1.82) is 0 Å². The van der Waals surface area contributed by atoms with E-state index in [2.05, 4.69) is 34.9 Å². The Labute approximate surface area is 136 Å². The predicted octanol–water partition coefficient (Wildman–Crippen LogP) is 4.44. The molecule has 0 atom stereocenters. The lowest BCUT2D eigenvalue weighted by Gasteiger charge is -2.34. The van der Waals surface area contributed by atoms with Gasteiger partial charge >= 0.3 is 0 Å². The zero-order valence-electron chi connectivity index (χ0n) is 13.9. The van der Waals surface area contributed by atoms with Crippen LogP contribution >= 0.6 is 23.6 Å². The molecular weight excluding hydrogens is 295 g/mol. The number of ether oxygens (including phenoxy) is 1. The van der Waals surface area contributed by atoms with Gasteiger partial charge in [0.05, 0.1) is 32.8 Å². The monoisotopic (exact) mass is 327 g/mol. The molecule has 3 nitrogen and oxygen atoms in total. The third-order valence-corrected chi connectivity index (χ3v) is 4.68. The molecule has 0 aliphatic heterocycles. The molecule has 0 aromatic rings. The lowest BCUT2D eigenvalue weighted by Crippen LogP contribution is -2.46. The van der Waals surface area contributed by atoms with Crippen LogP contribution in [0.2, 0.25) is 0 Å². The Morgan fingerprint density at radius 3 is 2.20 bits per heavy atom. The summed E-state index contributed by atoms with van der Waals surface area (Å²) in [6, 6.07) is 0. The summed E-state index contributed by atoms with van der Waals surface area (Å²) in [6.45, 7) is 10.1. The van der Waals surface area contributed by atoms with Crippen molar-refractivity contribution in [1.82, 2.24) is 3.94 Å². The summed E-state index contributed by atoms with van der Waals surface area (Å²) in [5.74, 6) is 0. The molecule has 0 aromatic carbocycles. The van der Waals surface area contributed by atoms with Crippen molar-refractivity contribution < 1.29 is 9.22 Å². The fourth-order valence-corrected chi connectivity index (χ4v) is 1.99. The maximum atomic E-state index is 5.85. The van der Waals surface area contributed by atoms with Gasteiger partial charge in [-0.2, -0.15) is 0 Å². The highest BCUT2D eigenvalue weighted by molar-refractivity contribution is 6.34. The van der Waals surface area contributed by atoms with Crippen molar-refractivity contribution in [2.24, 2.45) is 0 Å². The molecule has 0 saturated carbocycles. The highest BCUT2D eigenvalue weighted by Crippen LogP contribution is 2.24. The van der Waals surface area contributed by atoms with Crippen molar-refractivity contribution >= 4 is 23.6 Å². The van der Waals surface area contributed by atoms with Crippen LogP contribution < -0.4 is 0 Å². The third kappa shape index (κ3) is 10.2. The molecule has 0 unspecified atom stereocenters. The van der Waals surface area contributed by atoms with Gasteiger partial charge in [-0.25, -0.2) is 0 Å². The van der Waals surface area contributed by atoms with Gasteiger partial charge in [-0.1, -0.05) is 26.2 Å². The van der Waals surface area contributed by atoms with Gasteiger partial charge in [-0.3, -0.25) is 0 Å². The van der Waals surface area contributed by atoms with Gasteiger partial charge in [0, 0.05) is 13.0 Å². The van der Waals surface area contributed by atoms with Crippen LogP contribution in [0.25, 0.3) is 0 Å². The van der Waals surface area contributed by atoms with Gasteiger partial charge < -0.3 is 9.22 Å². The van der Waals surface area contributed by atoms with Crippen molar-refractivity contribution in [2.45, 2.75) is 58.4 Å². The molecule has 0 saturated heterocycles. The van der Waals surface area contributed by atoms with Crippen molar-refractivity contribution in [3.8, 4) is 0 Å². The minimum absolute atomic E-state index is 0.195. The van der Waals surface area contributed by atoms with Crippen LogP contribution in [0.4, 0.5) is 0 Å². The number of likely N-dealkylation sites (N-methyl/N-ethyl adjacent to an activating group) is 1. The Bertz CT molecular complexity index is 246. The lowest BCUT2D eigenvalue weighted by atomic mass is 10.0. The van der Waals surface area contributed by atoms with Crippen LogP contribution in [0.3, 0.4) is 0 Å². The first-order valence-corrected chi connectivity index (χ1v) is 8.40. The van der Waals surface area contributed by atoms with Crippen LogP contribution in [0, 0.1) is 0 Å². The number of hydrogen-bond donors (Lipinski definition) is 0. The van der Waals surface area contributed by atoms with Crippen molar-refractivity contribution in [3.63, 3.8) is 0 Å².